The van der Waals surface area contributed by atoms with Crippen LogP contribution in [0.15, 0.2) is 23.3 Å². The van der Waals surface area contributed by atoms with Gasteiger partial charge in [-0.3, -0.25) is 14.6 Å². The van der Waals surface area contributed by atoms with Crippen molar-refractivity contribution in [2.24, 2.45) is 0 Å². The Morgan fingerprint density at radius 3 is 2.48 bits per heavy atom. The molecule has 1 aliphatic carbocycles. The standard InChI is InChI=1S/C24H33N5O4/c1-5-29(18-8-6-17(7-9-18)28-24(32)33)21-13-25-11-20(16(21)4)22(30)26-12-19-14(2)10-15(3)27-23(19)31/h10-11,13,17-18,28H,5-9,12H2,1-4H3,(H,26,30)(H,27,31)(H,32,33). The van der Waals surface area contributed by atoms with Crippen LogP contribution in [0.1, 0.15) is 65.3 Å². The van der Waals surface area contributed by atoms with Crippen molar-refractivity contribution < 1.29 is 14.7 Å². The summed E-state index contributed by atoms with van der Waals surface area (Å²) in [5.41, 5.74) is 4.19. The number of carbonyl (C=O) groups is 2. The Balaban J connectivity index is 1.73. The summed E-state index contributed by atoms with van der Waals surface area (Å²) < 4.78 is 0. The van der Waals surface area contributed by atoms with Crippen molar-refractivity contribution in [3.63, 3.8) is 0 Å². The number of H-pyrrole nitrogens is 1. The van der Waals surface area contributed by atoms with Crippen LogP contribution in [-0.2, 0) is 6.54 Å². The minimum atomic E-state index is -0.979. The number of anilines is 1. The van der Waals surface area contributed by atoms with E-state index in [1.54, 1.807) is 12.4 Å². The molecule has 1 aliphatic rings. The lowest BCUT2D eigenvalue weighted by molar-refractivity contribution is 0.0949. The Hall–Kier alpha value is -3.36. The molecule has 0 radical (unpaired) electrons. The molecule has 2 aromatic rings. The minimum Gasteiger partial charge on any atom is -0.465 e. The molecule has 2 aromatic heterocycles. The van der Waals surface area contributed by atoms with Gasteiger partial charge in [0.15, 0.2) is 0 Å². The van der Waals surface area contributed by atoms with Crippen LogP contribution in [0, 0.1) is 20.8 Å². The zero-order valence-electron chi connectivity index (χ0n) is 19.7. The molecule has 9 nitrogen and oxygen atoms in total. The van der Waals surface area contributed by atoms with Gasteiger partial charge in [0.05, 0.1) is 17.4 Å². The summed E-state index contributed by atoms with van der Waals surface area (Å²) in [6.07, 6.45) is 5.66. The zero-order chi connectivity index (χ0) is 24.1. The second-order valence-corrected chi connectivity index (χ2v) is 8.70. The largest absolute Gasteiger partial charge is 0.465 e. The molecule has 2 heterocycles. The number of hydrogen-bond donors (Lipinski definition) is 4. The van der Waals surface area contributed by atoms with E-state index in [9.17, 15) is 14.4 Å². The number of carboxylic acid groups (broad SMARTS) is 1. The van der Waals surface area contributed by atoms with E-state index in [0.29, 0.717) is 11.1 Å². The van der Waals surface area contributed by atoms with E-state index in [1.165, 1.54) is 0 Å². The van der Waals surface area contributed by atoms with E-state index in [1.807, 2.05) is 26.8 Å². The van der Waals surface area contributed by atoms with Crippen molar-refractivity contribution in [3.8, 4) is 0 Å². The van der Waals surface area contributed by atoms with E-state index < -0.39 is 6.09 Å². The Kier molecular flexibility index (Phi) is 7.73. The molecule has 0 aliphatic heterocycles. The number of amides is 2. The lowest BCUT2D eigenvalue weighted by atomic mass is 9.89. The molecule has 0 bridgehead atoms. The average Bonchev–Trinajstić information content (AvgIpc) is 2.75. The number of aromatic amines is 1. The van der Waals surface area contributed by atoms with Gasteiger partial charge in [-0.05, 0) is 70.6 Å². The highest BCUT2D eigenvalue weighted by atomic mass is 16.4. The fraction of sp³-hybridized carbons (Fsp3) is 0.500. The van der Waals surface area contributed by atoms with Gasteiger partial charge in [-0.15, -0.1) is 0 Å². The van der Waals surface area contributed by atoms with Crippen LogP contribution in [0.4, 0.5) is 10.5 Å². The van der Waals surface area contributed by atoms with Gasteiger partial charge in [0.1, 0.15) is 0 Å². The van der Waals surface area contributed by atoms with Crippen molar-refractivity contribution in [1.82, 2.24) is 20.6 Å². The molecule has 0 atom stereocenters. The molecule has 2 amide bonds. The average molecular weight is 456 g/mol. The second kappa shape index (κ2) is 10.5. The lowest BCUT2D eigenvalue weighted by Crippen LogP contribution is -2.44. The van der Waals surface area contributed by atoms with Crippen molar-refractivity contribution in [2.45, 2.75) is 72.0 Å². The van der Waals surface area contributed by atoms with Crippen LogP contribution in [0.3, 0.4) is 0 Å². The van der Waals surface area contributed by atoms with Gasteiger partial charge in [-0.25, -0.2) is 4.79 Å². The van der Waals surface area contributed by atoms with E-state index in [-0.39, 0.29) is 30.1 Å². The van der Waals surface area contributed by atoms with Crippen LogP contribution < -0.4 is 21.1 Å². The third-order valence-electron chi connectivity index (χ3n) is 6.47. The fourth-order valence-electron chi connectivity index (χ4n) is 4.73. The summed E-state index contributed by atoms with van der Waals surface area (Å²) in [5.74, 6) is -0.272. The molecule has 4 N–H and O–H groups in total. The summed E-state index contributed by atoms with van der Waals surface area (Å²) in [5, 5.41) is 14.4. The van der Waals surface area contributed by atoms with Crippen molar-refractivity contribution >= 4 is 17.7 Å². The van der Waals surface area contributed by atoms with Gasteiger partial charge >= 0.3 is 6.09 Å². The highest BCUT2D eigenvalue weighted by Crippen LogP contribution is 2.30. The third kappa shape index (κ3) is 5.71. The quantitative estimate of drug-likeness (QED) is 0.508. The number of carbonyl (C=O) groups excluding carboxylic acids is 1. The molecule has 0 spiro atoms. The number of aryl methyl sites for hydroxylation is 2. The normalized spacial score (nSPS) is 17.9. The number of nitrogens with zero attached hydrogens (tertiary/aromatic N) is 2. The first-order valence-corrected chi connectivity index (χ1v) is 11.4. The monoisotopic (exact) mass is 455 g/mol. The van der Waals surface area contributed by atoms with Crippen LogP contribution in [-0.4, -0.2) is 45.7 Å². The molecule has 1 saturated carbocycles. The molecule has 0 aromatic carbocycles. The van der Waals surface area contributed by atoms with Gasteiger partial charge in [0, 0.05) is 42.6 Å². The number of pyridine rings is 2. The van der Waals surface area contributed by atoms with Gasteiger partial charge < -0.3 is 25.6 Å². The topological polar surface area (TPSA) is 127 Å². The fourth-order valence-corrected chi connectivity index (χ4v) is 4.73. The zero-order valence-corrected chi connectivity index (χ0v) is 19.7. The summed E-state index contributed by atoms with van der Waals surface area (Å²) in [6.45, 7) is 8.56. The molecule has 33 heavy (non-hydrogen) atoms. The maximum absolute atomic E-state index is 13.0. The Morgan fingerprint density at radius 1 is 1.18 bits per heavy atom. The van der Waals surface area contributed by atoms with Crippen LogP contribution in [0.25, 0.3) is 0 Å². The number of hydrogen-bond acceptors (Lipinski definition) is 5. The smallest absolute Gasteiger partial charge is 0.404 e. The number of aromatic nitrogens is 2. The summed E-state index contributed by atoms with van der Waals surface area (Å²) in [7, 11) is 0. The van der Waals surface area contributed by atoms with E-state index in [4.69, 9.17) is 5.11 Å². The summed E-state index contributed by atoms with van der Waals surface area (Å²) >= 11 is 0. The Bertz CT molecular complexity index is 1070. The van der Waals surface area contributed by atoms with Crippen molar-refractivity contribution in [3.05, 3.63) is 56.8 Å². The molecular formula is C24H33N5O4. The van der Waals surface area contributed by atoms with Crippen LogP contribution >= 0.6 is 0 Å². The molecule has 0 unspecified atom stereocenters. The maximum Gasteiger partial charge on any atom is 0.404 e. The molecular weight excluding hydrogens is 422 g/mol. The minimum absolute atomic E-state index is 0.0119. The first-order chi connectivity index (χ1) is 15.7. The van der Waals surface area contributed by atoms with E-state index in [2.05, 4.69) is 32.4 Å². The molecule has 3 rings (SSSR count). The molecule has 178 valence electrons. The second-order valence-electron chi connectivity index (χ2n) is 8.70. The van der Waals surface area contributed by atoms with Gasteiger partial charge in [0.25, 0.3) is 11.5 Å². The van der Waals surface area contributed by atoms with Gasteiger partial charge in [-0.1, -0.05) is 0 Å². The van der Waals surface area contributed by atoms with Crippen molar-refractivity contribution in [2.75, 3.05) is 11.4 Å². The maximum atomic E-state index is 13.0. The number of nitrogens with one attached hydrogen (secondary N) is 3. The lowest BCUT2D eigenvalue weighted by Gasteiger charge is -2.38. The van der Waals surface area contributed by atoms with E-state index in [0.717, 1.165) is 54.7 Å². The predicted octanol–water partition coefficient (Wildman–Crippen LogP) is 3.03. The summed E-state index contributed by atoms with van der Waals surface area (Å²) in [4.78, 5) is 45.5. The van der Waals surface area contributed by atoms with Crippen LogP contribution in [0.2, 0.25) is 0 Å². The Morgan fingerprint density at radius 2 is 1.88 bits per heavy atom. The van der Waals surface area contributed by atoms with Crippen molar-refractivity contribution in [1.29, 1.82) is 0 Å². The highest BCUT2D eigenvalue weighted by Gasteiger charge is 2.28. The third-order valence-corrected chi connectivity index (χ3v) is 6.47. The first-order valence-electron chi connectivity index (χ1n) is 11.4. The highest BCUT2D eigenvalue weighted by molar-refractivity contribution is 5.96. The van der Waals surface area contributed by atoms with Gasteiger partial charge in [0.2, 0.25) is 0 Å². The molecule has 9 heteroatoms. The molecule has 1 fully saturated rings. The summed E-state index contributed by atoms with van der Waals surface area (Å²) in [6, 6.07) is 2.13. The first kappa shape index (κ1) is 24.3. The predicted molar refractivity (Wildman–Crippen MR) is 127 cm³/mol. The van der Waals surface area contributed by atoms with Gasteiger partial charge in [-0.2, -0.15) is 0 Å². The van der Waals surface area contributed by atoms with Crippen LogP contribution in [0.5, 0.6) is 0 Å². The molecule has 0 saturated heterocycles. The number of rotatable bonds is 7. The SMILES string of the molecule is CCN(c1cncc(C(=O)NCc2c(C)cc(C)[nH]c2=O)c1C)C1CCC(NC(=O)O)CC1. The van der Waals surface area contributed by atoms with E-state index >= 15 is 0 Å². The Labute approximate surface area is 193 Å².